The fourth-order valence-corrected chi connectivity index (χ4v) is 2.55. The molecule has 1 aromatic carbocycles. The predicted molar refractivity (Wildman–Crippen MR) is 80.5 cm³/mol. The number of benzene rings is 1. The van der Waals surface area contributed by atoms with E-state index in [2.05, 4.69) is 4.52 Å². The molecule has 1 rings (SSSR count). The van der Waals surface area contributed by atoms with Gasteiger partial charge in [0.15, 0.2) is 0 Å². The summed E-state index contributed by atoms with van der Waals surface area (Å²) in [6.45, 7) is -0.825. The lowest BCUT2D eigenvalue weighted by Crippen LogP contribution is -2.48. The molecule has 21 heavy (non-hydrogen) atoms. The molecule has 0 saturated heterocycles. The van der Waals surface area contributed by atoms with Gasteiger partial charge in [-0.25, -0.2) is 9.36 Å². The SMILES string of the molecule is CCCO[C@@](C)(N)C(=O)OP(=O)(Cl)Oc1ccc(Cl)cc1. The third-order valence-electron chi connectivity index (χ3n) is 2.23. The van der Waals surface area contributed by atoms with Crippen LogP contribution in [0.1, 0.15) is 20.3 Å². The van der Waals surface area contributed by atoms with Gasteiger partial charge in [0.1, 0.15) is 5.75 Å². The first-order valence-corrected chi connectivity index (χ1v) is 8.90. The normalized spacial score (nSPS) is 16.6. The van der Waals surface area contributed by atoms with Crippen molar-refractivity contribution in [2.24, 2.45) is 5.73 Å². The van der Waals surface area contributed by atoms with E-state index in [0.29, 0.717) is 11.4 Å². The van der Waals surface area contributed by atoms with Crippen molar-refractivity contribution < 1.29 is 23.1 Å². The molecule has 0 fully saturated rings. The molecule has 0 aliphatic rings. The number of hydrogen-bond acceptors (Lipinski definition) is 6. The van der Waals surface area contributed by atoms with Gasteiger partial charge in [0.05, 0.1) is 0 Å². The number of hydrogen-bond donors (Lipinski definition) is 1. The zero-order valence-corrected chi connectivity index (χ0v) is 14.0. The van der Waals surface area contributed by atoms with Crippen molar-refractivity contribution in [1.29, 1.82) is 0 Å². The van der Waals surface area contributed by atoms with Crippen LogP contribution in [0.4, 0.5) is 0 Å². The third kappa shape index (κ3) is 6.24. The van der Waals surface area contributed by atoms with E-state index in [4.69, 9.17) is 37.8 Å². The highest BCUT2D eigenvalue weighted by molar-refractivity contribution is 7.82. The van der Waals surface area contributed by atoms with Crippen molar-refractivity contribution in [2.45, 2.75) is 26.0 Å². The van der Waals surface area contributed by atoms with Gasteiger partial charge in [0.25, 0.3) is 0 Å². The minimum atomic E-state index is -4.19. The van der Waals surface area contributed by atoms with Gasteiger partial charge in [0.2, 0.25) is 5.72 Å². The maximum atomic E-state index is 12.0. The zero-order chi connectivity index (χ0) is 16.1. The maximum absolute atomic E-state index is 12.0. The average Bonchev–Trinajstić information content (AvgIpc) is 2.38. The molecule has 0 aliphatic heterocycles. The van der Waals surface area contributed by atoms with E-state index in [1.165, 1.54) is 31.2 Å². The summed E-state index contributed by atoms with van der Waals surface area (Å²) in [5.41, 5.74) is 3.86. The van der Waals surface area contributed by atoms with Crippen molar-refractivity contribution in [3.05, 3.63) is 29.3 Å². The summed E-state index contributed by atoms with van der Waals surface area (Å²) >= 11 is 11.3. The Bertz CT molecular complexity index is 535. The number of halogens is 2. The van der Waals surface area contributed by atoms with Crippen LogP contribution < -0.4 is 10.3 Å². The molecular weight excluding hydrogens is 340 g/mol. The molecular formula is C12H16Cl2NO5P. The fourth-order valence-electron chi connectivity index (χ4n) is 1.20. The Balaban J connectivity index is 2.69. The molecule has 0 radical (unpaired) electrons. The Hall–Kier alpha value is -0.780. The van der Waals surface area contributed by atoms with E-state index in [0.717, 1.165) is 0 Å². The van der Waals surface area contributed by atoms with Gasteiger partial charge in [0, 0.05) is 22.9 Å². The van der Waals surface area contributed by atoms with Crippen LogP contribution in [-0.4, -0.2) is 18.3 Å². The van der Waals surface area contributed by atoms with Gasteiger partial charge in [-0.15, -0.1) is 0 Å². The van der Waals surface area contributed by atoms with Crippen LogP contribution in [0, 0.1) is 0 Å². The Morgan fingerprint density at radius 1 is 1.38 bits per heavy atom. The predicted octanol–water partition coefficient (Wildman–Crippen LogP) is 3.71. The molecule has 0 bridgehead atoms. The Kier molecular flexibility index (Phi) is 6.50. The van der Waals surface area contributed by atoms with E-state index in [1.807, 2.05) is 6.92 Å². The van der Waals surface area contributed by atoms with Gasteiger partial charge < -0.3 is 13.8 Å². The van der Waals surface area contributed by atoms with E-state index in [-0.39, 0.29) is 12.4 Å². The second kappa shape index (κ2) is 7.47. The first-order chi connectivity index (χ1) is 9.66. The van der Waals surface area contributed by atoms with Gasteiger partial charge in [-0.3, -0.25) is 5.73 Å². The average molecular weight is 356 g/mol. The van der Waals surface area contributed by atoms with Gasteiger partial charge in [-0.1, -0.05) is 18.5 Å². The molecule has 9 heteroatoms. The van der Waals surface area contributed by atoms with Crippen LogP contribution in [0.15, 0.2) is 24.3 Å². The molecule has 0 aromatic heterocycles. The zero-order valence-electron chi connectivity index (χ0n) is 11.5. The highest BCUT2D eigenvalue weighted by Crippen LogP contribution is 2.54. The number of carbonyl (C=O) groups is 1. The quantitative estimate of drug-likeness (QED) is 0.592. The molecule has 2 N–H and O–H groups in total. The van der Waals surface area contributed by atoms with Crippen LogP contribution in [-0.2, 0) is 18.6 Å². The van der Waals surface area contributed by atoms with Crippen molar-refractivity contribution >= 4 is 35.8 Å². The summed E-state index contributed by atoms with van der Waals surface area (Å²) in [5, 5.41) is 0.464. The second-order valence-corrected chi connectivity index (χ2v) is 7.22. The molecule has 2 atom stereocenters. The van der Waals surface area contributed by atoms with E-state index in [9.17, 15) is 9.36 Å². The molecule has 0 amide bonds. The van der Waals surface area contributed by atoms with Crippen LogP contribution >= 0.6 is 29.8 Å². The van der Waals surface area contributed by atoms with E-state index < -0.39 is 18.6 Å². The largest absolute Gasteiger partial charge is 0.532 e. The smallest absolute Gasteiger partial charge is 0.405 e. The Morgan fingerprint density at radius 2 is 1.95 bits per heavy atom. The maximum Gasteiger partial charge on any atom is 0.532 e. The monoisotopic (exact) mass is 355 g/mol. The highest BCUT2D eigenvalue weighted by atomic mass is 35.7. The molecule has 0 heterocycles. The highest BCUT2D eigenvalue weighted by Gasteiger charge is 2.38. The van der Waals surface area contributed by atoms with Crippen LogP contribution in [0.25, 0.3) is 0 Å². The van der Waals surface area contributed by atoms with E-state index >= 15 is 0 Å². The fraction of sp³-hybridized carbons (Fsp3) is 0.417. The van der Waals surface area contributed by atoms with Crippen molar-refractivity contribution in [3.8, 4) is 5.75 Å². The van der Waals surface area contributed by atoms with Crippen LogP contribution in [0.3, 0.4) is 0 Å². The topological polar surface area (TPSA) is 87.9 Å². The summed E-state index contributed by atoms with van der Waals surface area (Å²) in [4.78, 5) is 11.8. The lowest BCUT2D eigenvalue weighted by molar-refractivity contribution is -0.159. The summed E-state index contributed by atoms with van der Waals surface area (Å²) in [6.07, 6.45) is 0.653. The Morgan fingerprint density at radius 3 is 2.48 bits per heavy atom. The third-order valence-corrected chi connectivity index (χ3v) is 3.71. The number of nitrogens with two attached hydrogens (primary N) is 1. The molecule has 0 saturated carbocycles. The molecule has 1 unspecified atom stereocenters. The first-order valence-electron chi connectivity index (χ1n) is 6.08. The molecule has 0 aliphatic carbocycles. The summed E-state index contributed by atoms with van der Waals surface area (Å²) in [7, 11) is 0. The van der Waals surface area contributed by atoms with Gasteiger partial charge in [-0.2, -0.15) is 0 Å². The number of rotatable bonds is 7. The lowest BCUT2D eigenvalue weighted by Gasteiger charge is -2.23. The summed E-state index contributed by atoms with van der Waals surface area (Å²) < 4.78 is 26.6. The molecule has 0 spiro atoms. The molecule has 6 nitrogen and oxygen atoms in total. The Labute approximate surface area is 132 Å². The van der Waals surface area contributed by atoms with Crippen molar-refractivity contribution in [1.82, 2.24) is 0 Å². The molecule has 1 aromatic rings. The van der Waals surface area contributed by atoms with Gasteiger partial charge >= 0.3 is 12.9 Å². The minimum absolute atomic E-state index is 0.138. The number of carbonyl (C=O) groups excluding carboxylic acids is 1. The first kappa shape index (κ1) is 18.3. The summed E-state index contributed by atoms with van der Waals surface area (Å²) in [6, 6.07) is 5.88. The van der Waals surface area contributed by atoms with Crippen molar-refractivity contribution in [3.63, 3.8) is 0 Å². The second-order valence-electron chi connectivity index (χ2n) is 4.31. The standard InChI is InChI=1S/C12H16Cl2NO5P/c1-3-8-18-12(2,15)11(16)20-21(14,17)19-10-6-4-9(13)5-7-10/h4-7H,3,8,15H2,1-2H3/t12-,21?/m1/s1. The number of ether oxygens (including phenoxy) is 1. The van der Waals surface area contributed by atoms with Crippen molar-refractivity contribution in [2.75, 3.05) is 6.61 Å². The summed E-state index contributed by atoms with van der Waals surface area (Å²) in [5.74, 6) is -0.943. The van der Waals surface area contributed by atoms with Crippen LogP contribution in [0.5, 0.6) is 5.75 Å². The van der Waals surface area contributed by atoms with Crippen LogP contribution in [0.2, 0.25) is 5.02 Å². The minimum Gasteiger partial charge on any atom is -0.405 e. The lowest BCUT2D eigenvalue weighted by atomic mass is 10.3. The van der Waals surface area contributed by atoms with Gasteiger partial charge in [-0.05, 0) is 37.6 Å². The molecule has 118 valence electrons. The van der Waals surface area contributed by atoms with E-state index in [1.54, 1.807) is 0 Å².